The summed E-state index contributed by atoms with van der Waals surface area (Å²) in [6.45, 7) is 5.43. The summed E-state index contributed by atoms with van der Waals surface area (Å²) in [6.07, 6.45) is 5.46. The molecule has 1 heterocycles. The van der Waals surface area contributed by atoms with E-state index in [2.05, 4.69) is 24.1 Å². The van der Waals surface area contributed by atoms with Crippen LogP contribution >= 0.6 is 0 Å². The number of nitrogens with zero attached hydrogens (tertiary/aromatic N) is 1. The van der Waals surface area contributed by atoms with Gasteiger partial charge in [0.25, 0.3) is 0 Å². The molecular formula is C16H22N2O. The van der Waals surface area contributed by atoms with E-state index in [1.165, 1.54) is 12.8 Å². The van der Waals surface area contributed by atoms with E-state index in [0.717, 1.165) is 35.5 Å². The van der Waals surface area contributed by atoms with Crippen molar-refractivity contribution in [2.45, 2.75) is 33.1 Å². The number of aromatic nitrogens is 1. The number of benzene rings is 1. The van der Waals surface area contributed by atoms with Gasteiger partial charge in [0.1, 0.15) is 11.6 Å². The highest BCUT2D eigenvalue weighted by Crippen LogP contribution is 2.25. The highest BCUT2D eigenvalue weighted by atomic mass is 16.3. The average Bonchev–Trinajstić information content (AvgIpc) is 2.38. The van der Waals surface area contributed by atoms with E-state index in [9.17, 15) is 5.11 Å². The quantitative estimate of drug-likeness (QED) is 0.764. The first-order valence-electron chi connectivity index (χ1n) is 6.98. The van der Waals surface area contributed by atoms with Gasteiger partial charge in [0.2, 0.25) is 0 Å². The molecule has 102 valence electrons. The molecule has 0 saturated heterocycles. The van der Waals surface area contributed by atoms with Crippen molar-refractivity contribution in [1.82, 2.24) is 4.98 Å². The van der Waals surface area contributed by atoms with Crippen LogP contribution in [0, 0.1) is 5.92 Å². The average molecular weight is 258 g/mol. The fraction of sp³-hybridized carbons (Fsp3) is 0.438. The molecule has 0 spiro atoms. The largest absolute Gasteiger partial charge is 0.508 e. The van der Waals surface area contributed by atoms with E-state index in [-0.39, 0.29) is 5.75 Å². The highest BCUT2D eigenvalue weighted by molar-refractivity contribution is 5.92. The molecule has 2 aromatic rings. The van der Waals surface area contributed by atoms with Crippen LogP contribution in [0.1, 0.15) is 33.1 Å². The van der Waals surface area contributed by atoms with Crippen molar-refractivity contribution in [3.05, 3.63) is 30.5 Å². The minimum Gasteiger partial charge on any atom is -0.508 e. The Bertz CT molecular complexity index is 537. The van der Waals surface area contributed by atoms with Crippen LogP contribution in [-0.2, 0) is 0 Å². The van der Waals surface area contributed by atoms with Gasteiger partial charge in [0, 0.05) is 18.1 Å². The first-order chi connectivity index (χ1) is 9.16. The Morgan fingerprint density at radius 1 is 1.21 bits per heavy atom. The van der Waals surface area contributed by atoms with E-state index in [0.29, 0.717) is 0 Å². The zero-order chi connectivity index (χ0) is 13.7. The van der Waals surface area contributed by atoms with Gasteiger partial charge in [-0.15, -0.1) is 0 Å². The molecule has 2 N–H and O–H groups in total. The number of nitrogens with one attached hydrogen (secondary N) is 1. The maximum atomic E-state index is 9.57. The van der Waals surface area contributed by atoms with Gasteiger partial charge in [-0.2, -0.15) is 0 Å². The number of hydrogen-bond donors (Lipinski definition) is 2. The number of hydrogen-bond acceptors (Lipinski definition) is 3. The number of phenols is 1. The molecule has 1 aromatic carbocycles. The van der Waals surface area contributed by atoms with Crippen molar-refractivity contribution in [3.63, 3.8) is 0 Å². The Kier molecular flexibility index (Phi) is 4.61. The smallest absolute Gasteiger partial charge is 0.133 e. The molecule has 3 heteroatoms. The van der Waals surface area contributed by atoms with Gasteiger partial charge in [-0.05, 0) is 35.9 Å². The molecule has 0 aliphatic carbocycles. The monoisotopic (exact) mass is 258 g/mol. The third-order valence-corrected chi connectivity index (χ3v) is 3.25. The Morgan fingerprint density at radius 2 is 2.05 bits per heavy atom. The summed E-state index contributed by atoms with van der Waals surface area (Å²) >= 11 is 0. The van der Waals surface area contributed by atoms with Crippen LogP contribution in [0.4, 0.5) is 5.82 Å². The molecule has 2 rings (SSSR count). The number of rotatable bonds is 6. The molecule has 0 bridgehead atoms. The lowest BCUT2D eigenvalue weighted by atomic mass is 10.1. The van der Waals surface area contributed by atoms with Crippen LogP contribution < -0.4 is 5.32 Å². The lowest BCUT2D eigenvalue weighted by molar-refractivity contribution is 0.476. The maximum absolute atomic E-state index is 9.57. The number of unbranched alkanes of at least 4 members (excludes halogenated alkanes) is 1. The Morgan fingerprint density at radius 3 is 2.84 bits per heavy atom. The van der Waals surface area contributed by atoms with Gasteiger partial charge in [0.05, 0.1) is 0 Å². The molecule has 1 aromatic heterocycles. The minimum absolute atomic E-state index is 0.281. The van der Waals surface area contributed by atoms with Crippen molar-refractivity contribution in [3.8, 4) is 5.75 Å². The molecule has 0 unspecified atom stereocenters. The second-order valence-corrected chi connectivity index (χ2v) is 5.38. The molecule has 3 nitrogen and oxygen atoms in total. The minimum atomic E-state index is 0.281. The van der Waals surface area contributed by atoms with E-state index in [4.69, 9.17) is 0 Å². The number of anilines is 1. The summed E-state index contributed by atoms with van der Waals surface area (Å²) in [4.78, 5) is 4.36. The molecule has 0 fully saturated rings. The van der Waals surface area contributed by atoms with Gasteiger partial charge in [-0.25, -0.2) is 4.98 Å². The first kappa shape index (κ1) is 13.7. The third-order valence-electron chi connectivity index (χ3n) is 3.25. The third kappa shape index (κ3) is 3.85. The summed E-state index contributed by atoms with van der Waals surface area (Å²) in [5, 5.41) is 15.0. The van der Waals surface area contributed by atoms with Crippen molar-refractivity contribution in [2.24, 2.45) is 5.92 Å². The molecule has 0 radical (unpaired) electrons. The van der Waals surface area contributed by atoms with Crippen molar-refractivity contribution < 1.29 is 5.11 Å². The van der Waals surface area contributed by atoms with Crippen LogP contribution in [-0.4, -0.2) is 16.6 Å². The van der Waals surface area contributed by atoms with Crippen molar-refractivity contribution in [1.29, 1.82) is 0 Å². The molecule has 0 amide bonds. The summed E-state index contributed by atoms with van der Waals surface area (Å²) < 4.78 is 0. The van der Waals surface area contributed by atoms with Crippen LogP contribution in [0.25, 0.3) is 10.8 Å². The Labute approximate surface area is 114 Å². The van der Waals surface area contributed by atoms with Crippen LogP contribution in [0.15, 0.2) is 30.5 Å². The lowest BCUT2D eigenvalue weighted by Gasteiger charge is -2.09. The molecule has 0 aliphatic heterocycles. The van der Waals surface area contributed by atoms with E-state index < -0.39 is 0 Å². The Balaban J connectivity index is 1.98. The molecule has 0 aliphatic rings. The Hall–Kier alpha value is -1.77. The number of aromatic hydroxyl groups is 1. The zero-order valence-corrected chi connectivity index (χ0v) is 11.7. The van der Waals surface area contributed by atoms with Crippen LogP contribution in [0.5, 0.6) is 5.75 Å². The molecule has 0 saturated carbocycles. The predicted octanol–water partition coefficient (Wildman–Crippen LogP) is 4.18. The van der Waals surface area contributed by atoms with Crippen molar-refractivity contribution >= 4 is 16.6 Å². The number of phenolic OH excluding ortho intramolecular Hbond substituents is 1. The first-order valence-corrected chi connectivity index (χ1v) is 6.98. The summed E-state index contributed by atoms with van der Waals surface area (Å²) in [6, 6.07) is 7.34. The number of pyridine rings is 1. The topological polar surface area (TPSA) is 45.2 Å². The van der Waals surface area contributed by atoms with Crippen LogP contribution in [0.3, 0.4) is 0 Å². The number of fused-ring (bicyclic) bond motifs is 1. The van der Waals surface area contributed by atoms with E-state index >= 15 is 0 Å². The second kappa shape index (κ2) is 6.41. The lowest BCUT2D eigenvalue weighted by Crippen LogP contribution is -2.04. The maximum Gasteiger partial charge on any atom is 0.133 e. The van der Waals surface area contributed by atoms with Gasteiger partial charge >= 0.3 is 0 Å². The fourth-order valence-electron chi connectivity index (χ4n) is 2.18. The molecular weight excluding hydrogens is 236 g/mol. The summed E-state index contributed by atoms with van der Waals surface area (Å²) in [5.41, 5.74) is 0. The van der Waals surface area contributed by atoms with Gasteiger partial charge < -0.3 is 10.4 Å². The van der Waals surface area contributed by atoms with Crippen LogP contribution in [0.2, 0.25) is 0 Å². The SMILES string of the molecule is CC(C)CCCCNc1nccc2ccc(O)cc12. The fourth-order valence-corrected chi connectivity index (χ4v) is 2.18. The second-order valence-electron chi connectivity index (χ2n) is 5.38. The highest BCUT2D eigenvalue weighted by Gasteiger charge is 2.03. The summed E-state index contributed by atoms with van der Waals surface area (Å²) in [7, 11) is 0. The zero-order valence-electron chi connectivity index (χ0n) is 11.7. The normalized spacial score (nSPS) is 11.1. The molecule has 0 atom stereocenters. The van der Waals surface area contributed by atoms with E-state index in [1.54, 1.807) is 18.3 Å². The van der Waals surface area contributed by atoms with Gasteiger partial charge in [0.15, 0.2) is 0 Å². The van der Waals surface area contributed by atoms with Gasteiger partial charge in [-0.3, -0.25) is 0 Å². The summed E-state index contributed by atoms with van der Waals surface area (Å²) in [5.74, 6) is 1.91. The van der Waals surface area contributed by atoms with Crippen molar-refractivity contribution in [2.75, 3.05) is 11.9 Å². The predicted molar refractivity (Wildman–Crippen MR) is 80.6 cm³/mol. The standard InChI is InChI=1S/C16H22N2O/c1-12(2)5-3-4-9-17-16-15-11-14(19)7-6-13(15)8-10-18-16/h6-8,10-12,19H,3-5,9H2,1-2H3,(H,17,18). The van der Waals surface area contributed by atoms with Gasteiger partial charge in [-0.1, -0.05) is 32.8 Å². The molecule has 19 heavy (non-hydrogen) atoms. The van der Waals surface area contributed by atoms with E-state index in [1.807, 2.05) is 12.1 Å².